The number of nitrogens with one attached hydrogen (secondary N) is 1. The third-order valence-electron chi connectivity index (χ3n) is 3.60. The molecule has 3 aromatic rings. The normalized spacial score (nSPS) is 10.4. The molecule has 1 N–H and O–H groups in total. The third-order valence-corrected chi connectivity index (χ3v) is 4.51. The molecule has 3 aromatic carbocycles. The first-order valence-electron chi connectivity index (χ1n) is 7.75. The van der Waals surface area contributed by atoms with Gasteiger partial charge < -0.3 is 10.1 Å². The second-order valence-corrected chi connectivity index (χ2v) is 6.74. The Bertz CT molecular complexity index is 934. The second kappa shape index (κ2) is 8.34. The Kier molecular flexibility index (Phi) is 5.91. The summed E-state index contributed by atoms with van der Waals surface area (Å²) in [7, 11) is 0. The highest BCUT2D eigenvalue weighted by atomic mass is 79.9. The summed E-state index contributed by atoms with van der Waals surface area (Å²) in [6.07, 6.45) is 0. The first-order valence-corrected chi connectivity index (χ1v) is 8.93. The van der Waals surface area contributed by atoms with Crippen molar-refractivity contribution in [2.75, 3.05) is 11.9 Å². The van der Waals surface area contributed by atoms with Gasteiger partial charge in [-0.1, -0.05) is 48.0 Å². The van der Waals surface area contributed by atoms with Crippen molar-refractivity contribution in [3.05, 3.63) is 82.0 Å². The summed E-state index contributed by atoms with van der Waals surface area (Å²) in [5, 5.41) is 2.55. The number of carbonyl (C=O) groups is 1. The van der Waals surface area contributed by atoms with Crippen molar-refractivity contribution in [3.8, 4) is 16.9 Å². The van der Waals surface area contributed by atoms with E-state index in [9.17, 15) is 9.18 Å². The van der Waals surface area contributed by atoms with Crippen LogP contribution in [0.1, 0.15) is 0 Å². The number of ether oxygens (including phenoxy) is 1. The van der Waals surface area contributed by atoms with Crippen LogP contribution in [-0.2, 0) is 4.79 Å². The average molecular weight is 435 g/mol. The van der Waals surface area contributed by atoms with Crippen LogP contribution in [0.3, 0.4) is 0 Å². The van der Waals surface area contributed by atoms with E-state index in [1.165, 1.54) is 18.2 Å². The predicted octanol–water partition coefficient (Wildman–Crippen LogP) is 5.93. The van der Waals surface area contributed by atoms with Gasteiger partial charge in [0.25, 0.3) is 5.91 Å². The van der Waals surface area contributed by atoms with E-state index in [-0.39, 0.29) is 17.5 Å². The summed E-state index contributed by atoms with van der Waals surface area (Å²) in [4.78, 5) is 12.0. The molecule has 0 radical (unpaired) electrons. The number of benzene rings is 3. The molecular formula is C20H14BrClFNO2. The molecule has 0 aromatic heterocycles. The Balaban J connectivity index is 1.62. The van der Waals surface area contributed by atoms with Gasteiger partial charge in [0.2, 0.25) is 0 Å². The molecular weight excluding hydrogens is 421 g/mol. The van der Waals surface area contributed by atoms with Crippen LogP contribution in [0.25, 0.3) is 11.1 Å². The summed E-state index contributed by atoms with van der Waals surface area (Å²) in [5.74, 6) is -0.355. The molecule has 0 aliphatic carbocycles. The lowest BCUT2D eigenvalue weighted by Crippen LogP contribution is -2.20. The van der Waals surface area contributed by atoms with Crippen LogP contribution < -0.4 is 10.1 Å². The minimum absolute atomic E-state index is 0.0528. The molecule has 0 fully saturated rings. The molecule has 0 atom stereocenters. The fraction of sp³-hybridized carbons (Fsp3) is 0.0500. The van der Waals surface area contributed by atoms with Crippen molar-refractivity contribution in [1.29, 1.82) is 0 Å². The summed E-state index contributed by atoms with van der Waals surface area (Å²) in [5.41, 5.74) is 2.53. The largest absolute Gasteiger partial charge is 0.483 e. The van der Waals surface area contributed by atoms with E-state index < -0.39 is 5.82 Å². The highest BCUT2D eigenvalue weighted by Crippen LogP contribution is 2.30. The quantitative estimate of drug-likeness (QED) is 0.541. The van der Waals surface area contributed by atoms with E-state index in [4.69, 9.17) is 16.3 Å². The maximum atomic E-state index is 13.1. The summed E-state index contributed by atoms with van der Waals surface area (Å²) in [6, 6.07) is 19.6. The fourth-order valence-electron chi connectivity index (χ4n) is 2.34. The predicted molar refractivity (Wildman–Crippen MR) is 105 cm³/mol. The average Bonchev–Trinajstić information content (AvgIpc) is 2.64. The van der Waals surface area contributed by atoms with Crippen LogP contribution in [0.5, 0.6) is 5.75 Å². The van der Waals surface area contributed by atoms with Crippen molar-refractivity contribution >= 4 is 39.1 Å². The molecule has 3 rings (SSSR count). The summed E-state index contributed by atoms with van der Waals surface area (Å²) >= 11 is 9.16. The first-order chi connectivity index (χ1) is 12.5. The first kappa shape index (κ1) is 18.4. The standard InChI is InChI=1S/C20H14BrClFNO2/c21-16-10-14(13-4-2-1-3-5-13)6-9-19(16)26-12-20(25)24-15-7-8-18(23)17(22)11-15/h1-11H,12H2,(H,24,25). The van der Waals surface area contributed by atoms with Gasteiger partial charge in [0.15, 0.2) is 6.61 Å². The van der Waals surface area contributed by atoms with Crippen molar-refractivity contribution in [1.82, 2.24) is 0 Å². The molecule has 0 bridgehead atoms. The molecule has 26 heavy (non-hydrogen) atoms. The van der Waals surface area contributed by atoms with Gasteiger partial charge in [-0.05, 0) is 57.4 Å². The molecule has 0 aliphatic heterocycles. The van der Waals surface area contributed by atoms with Crippen LogP contribution >= 0.6 is 27.5 Å². The van der Waals surface area contributed by atoms with Gasteiger partial charge in [-0.25, -0.2) is 4.39 Å². The SMILES string of the molecule is O=C(COc1ccc(-c2ccccc2)cc1Br)Nc1ccc(F)c(Cl)c1. The van der Waals surface area contributed by atoms with Gasteiger partial charge in [0.05, 0.1) is 9.50 Å². The molecule has 0 spiro atoms. The lowest BCUT2D eigenvalue weighted by molar-refractivity contribution is -0.118. The van der Waals surface area contributed by atoms with E-state index >= 15 is 0 Å². The lowest BCUT2D eigenvalue weighted by atomic mass is 10.1. The zero-order valence-electron chi connectivity index (χ0n) is 13.5. The number of rotatable bonds is 5. The Morgan fingerprint density at radius 1 is 1.04 bits per heavy atom. The fourth-order valence-corrected chi connectivity index (χ4v) is 3.02. The van der Waals surface area contributed by atoms with E-state index in [1.54, 1.807) is 6.07 Å². The molecule has 0 aliphatic rings. The summed E-state index contributed by atoms with van der Waals surface area (Å²) in [6.45, 7) is -0.182. The van der Waals surface area contributed by atoms with Gasteiger partial charge in [-0.3, -0.25) is 4.79 Å². The van der Waals surface area contributed by atoms with Gasteiger partial charge in [-0.15, -0.1) is 0 Å². The highest BCUT2D eigenvalue weighted by molar-refractivity contribution is 9.10. The number of halogens is 3. The number of hydrogen-bond acceptors (Lipinski definition) is 2. The molecule has 6 heteroatoms. The molecule has 132 valence electrons. The Morgan fingerprint density at radius 3 is 2.50 bits per heavy atom. The highest BCUT2D eigenvalue weighted by Gasteiger charge is 2.09. The maximum absolute atomic E-state index is 13.1. The lowest BCUT2D eigenvalue weighted by Gasteiger charge is -2.11. The van der Waals surface area contributed by atoms with Gasteiger partial charge in [0.1, 0.15) is 11.6 Å². The molecule has 3 nitrogen and oxygen atoms in total. The Morgan fingerprint density at radius 2 is 1.81 bits per heavy atom. The maximum Gasteiger partial charge on any atom is 0.262 e. The van der Waals surface area contributed by atoms with E-state index in [0.29, 0.717) is 11.4 Å². The molecule has 0 saturated heterocycles. The minimum Gasteiger partial charge on any atom is -0.483 e. The molecule has 0 unspecified atom stereocenters. The van der Waals surface area contributed by atoms with Crippen molar-refractivity contribution in [3.63, 3.8) is 0 Å². The van der Waals surface area contributed by atoms with Crippen LogP contribution in [0.4, 0.5) is 10.1 Å². The molecule has 1 amide bonds. The zero-order chi connectivity index (χ0) is 18.5. The van der Waals surface area contributed by atoms with E-state index in [2.05, 4.69) is 21.2 Å². The zero-order valence-corrected chi connectivity index (χ0v) is 15.9. The van der Waals surface area contributed by atoms with Crippen LogP contribution in [0, 0.1) is 5.82 Å². The van der Waals surface area contributed by atoms with Crippen LogP contribution in [-0.4, -0.2) is 12.5 Å². The number of carbonyl (C=O) groups excluding carboxylic acids is 1. The van der Waals surface area contributed by atoms with Gasteiger partial charge >= 0.3 is 0 Å². The number of hydrogen-bond donors (Lipinski definition) is 1. The van der Waals surface area contributed by atoms with Gasteiger partial charge in [0, 0.05) is 5.69 Å². The number of anilines is 1. The minimum atomic E-state index is -0.539. The Hall–Kier alpha value is -2.37. The Labute approximate surface area is 163 Å². The van der Waals surface area contributed by atoms with Crippen LogP contribution in [0.2, 0.25) is 5.02 Å². The third kappa shape index (κ3) is 4.62. The van der Waals surface area contributed by atoms with Crippen LogP contribution in [0.15, 0.2) is 71.2 Å². The molecule has 0 saturated carbocycles. The van der Waals surface area contributed by atoms with E-state index in [0.717, 1.165) is 15.6 Å². The number of amides is 1. The monoisotopic (exact) mass is 433 g/mol. The van der Waals surface area contributed by atoms with E-state index in [1.807, 2.05) is 42.5 Å². The smallest absolute Gasteiger partial charge is 0.262 e. The topological polar surface area (TPSA) is 38.3 Å². The van der Waals surface area contributed by atoms with Gasteiger partial charge in [-0.2, -0.15) is 0 Å². The summed E-state index contributed by atoms with van der Waals surface area (Å²) < 4.78 is 19.4. The van der Waals surface area contributed by atoms with Crippen molar-refractivity contribution < 1.29 is 13.9 Å². The molecule has 0 heterocycles. The second-order valence-electron chi connectivity index (χ2n) is 5.48. The van der Waals surface area contributed by atoms with Crippen molar-refractivity contribution in [2.24, 2.45) is 0 Å². The van der Waals surface area contributed by atoms with Crippen molar-refractivity contribution in [2.45, 2.75) is 0 Å².